The largest absolute Gasteiger partial charge is 0.497 e. The smallest absolute Gasteiger partial charge is 0.254 e. The Labute approximate surface area is 154 Å². The van der Waals surface area contributed by atoms with Gasteiger partial charge in [0.2, 0.25) is 0 Å². The first-order valence-corrected chi connectivity index (χ1v) is 8.79. The third kappa shape index (κ3) is 3.89. The van der Waals surface area contributed by atoms with E-state index in [4.69, 9.17) is 9.47 Å². The average molecular weight is 355 g/mol. The minimum absolute atomic E-state index is 0.0743. The van der Waals surface area contributed by atoms with Crippen LogP contribution in [0.2, 0.25) is 0 Å². The third-order valence-corrected chi connectivity index (χ3v) is 4.91. The second kappa shape index (κ2) is 7.89. The summed E-state index contributed by atoms with van der Waals surface area (Å²) in [6, 6.07) is 15.2. The van der Waals surface area contributed by atoms with Gasteiger partial charge in [0.05, 0.1) is 26.9 Å². The summed E-state index contributed by atoms with van der Waals surface area (Å²) in [5.41, 5.74) is 2.07. The minimum Gasteiger partial charge on any atom is -0.497 e. The standard InChI is InChI=1S/C21H25NO4/c1-16-6-3-4-7-18(16)13-21(15-23)14-22(10-11-26-21)20(24)17-8-5-9-19(12-17)25-2/h3-9,12,23H,10-11,13-15H2,1-2H3/t21-/m1/s1. The normalized spacial score (nSPS) is 20.0. The van der Waals surface area contributed by atoms with Crippen LogP contribution >= 0.6 is 0 Å². The molecule has 1 aliphatic heterocycles. The van der Waals surface area contributed by atoms with Crippen molar-refractivity contribution < 1.29 is 19.4 Å². The van der Waals surface area contributed by atoms with Gasteiger partial charge >= 0.3 is 0 Å². The van der Waals surface area contributed by atoms with Crippen LogP contribution in [0.5, 0.6) is 5.75 Å². The summed E-state index contributed by atoms with van der Waals surface area (Å²) in [4.78, 5) is 14.7. The van der Waals surface area contributed by atoms with E-state index in [2.05, 4.69) is 0 Å². The number of aliphatic hydroxyl groups excluding tert-OH is 1. The predicted molar refractivity (Wildman–Crippen MR) is 99.5 cm³/mol. The fourth-order valence-electron chi connectivity index (χ4n) is 3.37. The Kier molecular flexibility index (Phi) is 5.59. The van der Waals surface area contributed by atoms with Crippen molar-refractivity contribution >= 4 is 5.91 Å². The van der Waals surface area contributed by atoms with Gasteiger partial charge in [-0.3, -0.25) is 4.79 Å². The van der Waals surface area contributed by atoms with Crippen molar-refractivity contribution in [2.75, 3.05) is 33.4 Å². The molecule has 5 heteroatoms. The van der Waals surface area contributed by atoms with Crippen LogP contribution in [-0.2, 0) is 11.2 Å². The van der Waals surface area contributed by atoms with Crippen LogP contribution in [0.3, 0.4) is 0 Å². The third-order valence-electron chi connectivity index (χ3n) is 4.91. The Hall–Kier alpha value is -2.37. The van der Waals surface area contributed by atoms with Gasteiger partial charge in [0.15, 0.2) is 0 Å². The Morgan fingerprint density at radius 3 is 2.81 bits per heavy atom. The number of benzene rings is 2. The van der Waals surface area contributed by atoms with Gasteiger partial charge in [0.25, 0.3) is 5.91 Å². The molecule has 0 bridgehead atoms. The molecule has 0 spiro atoms. The monoisotopic (exact) mass is 355 g/mol. The average Bonchev–Trinajstić information content (AvgIpc) is 2.69. The van der Waals surface area contributed by atoms with Crippen molar-refractivity contribution in [1.29, 1.82) is 0 Å². The van der Waals surface area contributed by atoms with Gasteiger partial charge in [-0.15, -0.1) is 0 Å². The summed E-state index contributed by atoms with van der Waals surface area (Å²) in [7, 11) is 1.58. The highest BCUT2D eigenvalue weighted by Crippen LogP contribution is 2.26. The first kappa shape index (κ1) is 18.4. The number of aliphatic hydroxyl groups is 1. The molecular formula is C21H25NO4. The molecule has 2 aromatic carbocycles. The second-order valence-corrected chi connectivity index (χ2v) is 6.75. The number of hydrogen-bond acceptors (Lipinski definition) is 4. The Balaban J connectivity index is 1.80. The molecule has 138 valence electrons. The first-order valence-electron chi connectivity index (χ1n) is 8.79. The van der Waals surface area contributed by atoms with Crippen molar-refractivity contribution in [1.82, 2.24) is 4.90 Å². The van der Waals surface area contributed by atoms with Crippen LogP contribution in [-0.4, -0.2) is 54.9 Å². The number of carbonyl (C=O) groups is 1. The van der Waals surface area contributed by atoms with Crippen molar-refractivity contribution in [3.63, 3.8) is 0 Å². The fraction of sp³-hybridized carbons (Fsp3) is 0.381. The number of methoxy groups -OCH3 is 1. The van der Waals surface area contributed by atoms with Crippen LogP contribution in [0.4, 0.5) is 0 Å². The molecule has 1 atom stereocenters. The molecule has 1 amide bonds. The molecule has 1 saturated heterocycles. The van der Waals surface area contributed by atoms with Crippen molar-refractivity contribution in [3.05, 3.63) is 65.2 Å². The highest BCUT2D eigenvalue weighted by atomic mass is 16.5. The molecule has 2 aromatic rings. The molecule has 1 heterocycles. The summed E-state index contributed by atoms with van der Waals surface area (Å²) < 4.78 is 11.2. The quantitative estimate of drug-likeness (QED) is 0.895. The zero-order valence-electron chi connectivity index (χ0n) is 15.3. The van der Waals surface area contributed by atoms with E-state index in [1.54, 1.807) is 30.2 Å². The minimum atomic E-state index is -0.779. The lowest BCUT2D eigenvalue weighted by molar-refractivity contribution is -0.123. The highest BCUT2D eigenvalue weighted by molar-refractivity contribution is 5.94. The predicted octanol–water partition coefficient (Wildman–Crippen LogP) is 2.45. The summed E-state index contributed by atoms with van der Waals surface area (Å²) in [5, 5.41) is 10.1. The summed E-state index contributed by atoms with van der Waals surface area (Å²) >= 11 is 0. The molecule has 0 radical (unpaired) electrons. The fourth-order valence-corrected chi connectivity index (χ4v) is 3.37. The first-order chi connectivity index (χ1) is 12.6. The number of ether oxygens (including phenoxy) is 2. The number of hydrogen-bond donors (Lipinski definition) is 1. The van der Waals surface area contributed by atoms with E-state index in [0.29, 0.717) is 37.4 Å². The molecule has 1 fully saturated rings. The number of aryl methyl sites for hydroxylation is 1. The van der Waals surface area contributed by atoms with Gasteiger partial charge < -0.3 is 19.5 Å². The van der Waals surface area contributed by atoms with E-state index < -0.39 is 5.60 Å². The van der Waals surface area contributed by atoms with Crippen LogP contribution in [0.1, 0.15) is 21.5 Å². The van der Waals surface area contributed by atoms with Crippen molar-refractivity contribution in [2.24, 2.45) is 0 Å². The van der Waals surface area contributed by atoms with Crippen LogP contribution < -0.4 is 4.74 Å². The molecule has 3 rings (SSSR count). The van der Waals surface area contributed by atoms with Gasteiger partial charge in [0, 0.05) is 18.5 Å². The van der Waals surface area contributed by atoms with E-state index >= 15 is 0 Å². The molecule has 0 unspecified atom stereocenters. The lowest BCUT2D eigenvalue weighted by Crippen LogP contribution is -2.56. The molecule has 26 heavy (non-hydrogen) atoms. The van der Waals surface area contributed by atoms with Gasteiger partial charge in [-0.2, -0.15) is 0 Å². The van der Waals surface area contributed by atoms with Gasteiger partial charge in [-0.25, -0.2) is 0 Å². The van der Waals surface area contributed by atoms with Crippen LogP contribution in [0.25, 0.3) is 0 Å². The molecule has 1 aliphatic rings. The topological polar surface area (TPSA) is 59.0 Å². The Morgan fingerprint density at radius 2 is 2.08 bits per heavy atom. The number of rotatable bonds is 5. The zero-order chi connectivity index (χ0) is 18.6. The molecule has 0 aliphatic carbocycles. The summed E-state index contributed by atoms with van der Waals surface area (Å²) in [5.74, 6) is 0.576. The zero-order valence-corrected chi connectivity index (χ0v) is 15.3. The summed E-state index contributed by atoms with van der Waals surface area (Å²) in [6.45, 7) is 3.17. The molecular weight excluding hydrogens is 330 g/mol. The van der Waals surface area contributed by atoms with Crippen molar-refractivity contribution in [3.8, 4) is 5.75 Å². The van der Waals surface area contributed by atoms with Crippen molar-refractivity contribution in [2.45, 2.75) is 18.9 Å². The van der Waals surface area contributed by atoms with Crippen LogP contribution in [0.15, 0.2) is 48.5 Å². The van der Waals surface area contributed by atoms with E-state index in [9.17, 15) is 9.90 Å². The van der Waals surface area contributed by atoms with Gasteiger partial charge in [0.1, 0.15) is 11.4 Å². The number of amides is 1. The SMILES string of the molecule is COc1cccc(C(=O)N2CCO[C@](CO)(Cc3ccccc3C)C2)c1. The highest BCUT2D eigenvalue weighted by Gasteiger charge is 2.38. The maximum absolute atomic E-state index is 12.9. The number of morpholine rings is 1. The number of carbonyl (C=O) groups excluding carboxylic acids is 1. The Bertz CT molecular complexity index is 776. The summed E-state index contributed by atoms with van der Waals surface area (Å²) in [6.07, 6.45) is 0.568. The lowest BCUT2D eigenvalue weighted by atomic mass is 9.90. The Morgan fingerprint density at radius 1 is 1.27 bits per heavy atom. The molecule has 0 aromatic heterocycles. The van der Waals surface area contributed by atoms with E-state index in [-0.39, 0.29) is 12.5 Å². The maximum atomic E-state index is 12.9. The van der Waals surface area contributed by atoms with Gasteiger partial charge in [-0.05, 0) is 36.2 Å². The molecule has 0 saturated carbocycles. The van der Waals surface area contributed by atoms with E-state index in [0.717, 1.165) is 11.1 Å². The lowest BCUT2D eigenvalue weighted by Gasteiger charge is -2.42. The van der Waals surface area contributed by atoms with E-state index in [1.807, 2.05) is 37.3 Å². The molecule has 1 N–H and O–H groups in total. The second-order valence-electron chi connectivity index (χ2n) is 6.75. The number of nitrogens with zero attached hydrogens (tertiary/aromatic N) is 1. The van der Waals surface area contributed by atoms with Gasteiger partial charge in [-0.1, -0.05) is 30.3 Å². The molecule has 5 nitrogen and oxygen atoms in total. The van der Waals surface area contributed by atoms with Crippen LogP contribution in [0, 0.1) is 6.92 Å². The van der Waals surface area contributed by atoms with E-state index in [1.165, 1.54) is 0 Å². The maximum Gasteiger partial charge on any atom is 0.254 e.